The number of oxime groups is 1. The molecule has 2 aromatic carbocycles. The number of carbonyl (C=O) groups excluding carboxylic acids is 1. The Labute approximate surface area is 119 Å². The molecule has 0 radical (unpaired) electrons. The van der Waals surface area contributed by atoms with E-state index in [0.29, 0.717) is 11.5 Å². The topological polar surface area (TPSA) is 96.2 Å². The third-order valence-corrected chi connectivity index (χ3v) is 2.61. The standard InChI is InChI=1S/C15H11NO5/c17-14(13(16-20)15(18)19)10-6-8-12(9-7-10)21-11-4-2-1-3-5-11/h1-9,20H,(H,18,19). The maximum absolute atomic E-state index is 11.8. The summed E-state index contributed by atoms with van der Waals surface area (Å²) < 4.78 is 5.54. The Morgan fingerprint density at radius 2 is 1.48 bits per heavy atom. The van der Waals surface area contributed by atoms with Crippen LogP contribution in [0.1, 0.15) is 10.4 Å². The van der Waals surface area contributed by atoms with Gasteiger partial charge in [0.2, 0.25) is 11.5 Å². The number of Topliss-reactive ketones (excluding diaryl/α,β-unsaturated/α-hetero) is 1. The van der Waals surface area contributed by atoms with Gasteiger partial charge in [-0.25, -0.2) is 4.79 Å². The summed E-state index contributed by atoms with van der Waals surface area (Å²) in [6, 6.07) is 14.9. The summed E-state index contributed by atoms with van der Waals surface area (Å²) in [6.45, 7) is 0. The van der Waals surface area contributed by atoms with Gasteiger partial charge in [-0.2, -0.15) is 0 Å². The Morgan fingerprint density at radius 1 is 0.905 bits per heavy atom. The molecule has 0 heterocycles. The number of carbonyl (C=O) groups is 2. The molecule has 0 aromatic heterocycles. The lowest BCUT2D eigenvalue weighted by Gasteiger charge is -2.06. The van der Waals surface area contributed by atoms with Crippen molar-refractivity contribution in [2.75, 3.05) is 0 Å². The molecule has 21 heavy (non-hydrogen) atoms. The van der Waals surface area contributed by atoms with Crippen LogP contribution in [0.15, 0.2) is 59.8 Å². The Morgan fingerprint density at radius 3 is 2.00 bits per heavy atom. The zero-order valence-electron chi connectivity index (χ0n) is 10.8. The van der Waals surface area contributed by atoms with Crippen LogP contribution in [0.4, 0.5) is 0 Å². The van der Waals surface area contributed by atoms with E-state index < -0.39 is 17.5 Å². The minimum Gasteiger partial charge on any atom is -0.476 e. The van der Waals surface area contributed by atoms with Gasteiger partial charge in [0.15, 0.2) is 0 Å². The van der Waals surface area contributed by atoms with Gasteiger partial charge in [-0.1, -0.05) is 23.4 Å². The van der Waals surface area contributed by atoms with Crippen molar-refractivity contribution in [1.82, 2.24) is 0 Å². The number of carboxylic acids is 1. The summed E-state index contributed by atoms with van der Waals surface area (Å²) in [5, 5.41) is 19.7. The molecule has 2 rings (SSSR count). The molecule has 6 nitrogen and oxygen atoms in total. The molecule has 0 saturated heterocycles. The fourth-order valence-electron chi connectivity index (χ4n) is 1.62. The largest absolute Gasteiger partial charge is 0.476 e. The summed E-state index contributed by atoms with van der Waals surface area (Å²) >= 11 is 0. The van der Waals surface area contributed by atoms with Crippen LogP contribution in [0.3, 0.4) is 0 Å². The van der Waals surface area contributed by atoms with Crippen molar-refractivity contribution >= 4 is 17.5 Å². The van der Waals surface area contributed by atoms with Crippen LogP contribution in [-0.2, 0) is 4.79 Å². The van der Waals surface area contributed by atoms with E-state index in [1.165, 1.54) is 24.3 Å². The van der Waals surface area contributed by atoms with Gasteiger partial charge < -0.3 is 15.1 Å². The second-order valence-corrected chi connectivity index (χ2v) is 4.02. The highest BCUT2D eigenvalue weighted by atomic mass is 16.5. The van der Waals surface area contributed by atoms with Crippen molar-refractivity contribution < 1.29 is 24.6 Å². The number of para-hydroxylation sites is 1. The van der Waals surface area contributed by atoms with E-state index in [2.05, 4.69) is 5.16 Å². The highest BCUT2D eigenvalue weighted by Crippen LogP contribution is 2.21. The molecule has 2 N–H and O–H groups in total. The predicted molar refractivity (Wildman–Crippen MR) is 74.1 cm³/mol. The fourth-order valence-corrected chi connectivity index (χ4v) is 1.62. The number of ketones is 1. The molecular formula is C15H11NO5. The molecule has 0 atom stereocenters. The number of benzene rings is 2. The molecule has 0 spiro atoms. The van der Waals surface area contributed by atoms with E-state index in [1.54, 1.807) is 12.1 Å². The lowest BCUT2D eigenvalue weighted by molar-refractivity contribution is -0.129. The monoisotopic (exact) mass is 285 g/mol. The molecule has 0 aliphatic heterocycles. The van der Waals surface area contributed by atoms with Crippen molar-refractivity contribution in [3.8, 4) is 11.5 Å². The first-order chi connectivity index (χ1) is 10.1. The summed E-state index contributed by atoms with van der Waals surface area (Å²) in [6.07, 6.45) is 0. The van der Waals surface area contributed by atoms with E-state index in [4.69, 9.17) is 15.1 Å². The van der Waals surface area contributed by atoms with Gasteiger partial charge in [0.05, 0.1) is 0 Å². The Hall–Kier alpha value is -3.15. The van der Waals surface area contributed by atoms with E-state index in [0.717, 1.165) is 0 Å². The van der Waals surface area contributed by atoms with Crippen LogP contribution in [0.2, 0.25) is 0 Å². The Balaban J connectivity index is 2.16. The SMILES string of the molecule is O=C(O)C(=NO)C(=O)c1ccc(Oc2ccccc2)cc1. The quantitative estimate of drug-likeness (QED) is 0.289. The molecule has 6 heteroatoms. The highest BCUT2D eigenvalue weighted by molar-refractivity contribution is 6.67. The van der Waals surface area contributed by atoms with Gasteiger partial charge in [-0.05, 0) is 36.4 Å². The maximum Gasteiger partial charge on any atom is 0.362 e. The lowest BCUT2D eigenvalue weighted by atomic mass is 10.1. The predicted octanol–water partition coefficient (Wildman–Crippen LogP) is 2.58. The highest BCUT2D eigenvalue weighted by Gasteiger charge is 2.21. The summed E-state index contributed by atoms with van der Waals surface area (Å²) in [5.41, 5.74) is -0.850. The van der Waals surface area contributed by atoms with Gasteiger partial charge in [0.25, 0.3) is 0 Å². The van der Waals surface area contributed by atoms with Crippen LogP contribution in [-0.4, -0.2) is 27.8 Å². The van der Waals surface area contributed by atoms with E-state index >= 15 is 0 Å². The van der Waals surface area contributed by atoms with Crippen molar-refractivity contribution in [3.63, 3.8) is 0 Å². The minimum absolute atomic E-state index is 0.0885. The smallest absolute Gasteiger partial charge is 0.362 e. The van der Waals surface area contributed by atoms with Crippen LogP contribution >= 0.6 is 0 Å². The van der Waals surface area contributed by atoms with Gasteiger partial charge in [-0.3, -0.25) is 4.79 Å². The first-order valence-corrected chi connectivity index (χ1v) is 5.95. The molecular weight excluding hydrogens is 274 g/mol. The lowest BCUT2D eigenvalue weighted by Crippen LogP contribution is -2.23. The second-order valence-electron chi connectivity index (χ2n) is 4.02. The van der Waals surface area contributed by atoms with Gasteiger partial charge in [0.1, 0.15) is 11.5 Å². The van der Waals surface area contributed by atoms with Crippen LogP contribution in [0, 0.1) is 0 Å². The first kappa shape index (κ1) is 14.3. The average Bonchev–Trinajstić information content (AvgIpc) is 2.49. The summed E-state index contributed by atoms with van der Waals surface area (Å²) in [5.74, 6) is -1.33. The Kier molecular flexibility index (Phi) is 4.30. The van der Waals surface area contributed by atoms with Crippen LogP contribution < -0.4 is 4.74 Å². The van der Waals surface area contributed by atoms with E-state index in [9.17, 15) is 9.59 Å². The number of aliphatic carboxylic acids is 1. The van der Waals surface area contributed by atoms with Crippen LogP contribution in [0.25, 0.3) is 0 Å². The van der Waals surface area contributed by atoms with Gasteiger partial charge in [0, 0.05) is 5.56 Å². The third-order valence-electron chi connectivity index (χ3n) is 2.61. The number of hydrogen-bond acceptors (Lipinski definition) is 5. The van der Waals surface area contributed by atoms with E-state index in [-0.39, 0.29) is 5.56 Å². The molecule has 0 bridgehead atoms. The maximum atomic E-state index is 11.8. The summed E-state index contributed by atoms with van der Waals surface area (Å²) in [4.78, 5) is 22.5. The summed E-state index contributed by atoms with van der Waals surface area (Å²) in [7, 11) is 0. The first-order valence-electron chi connectivity index (χ1n) is 5.95. The zero-order chi connectivity index (χ0) is 15.2. The molecule has 0 aliphatic carbocycles. The van der Waals surface area contributed by atoms with E-state index in [1.807, 2.05) is 18.2 Å². The number of hydrogen-bond donors (Lipinski definition) is 2. The van der Waals surface area contributed by atoms with Crippen molar-refractivity contribution in [2.45, 2.75) is 0 Å². The number of carboxylic acid groups (broad SMARTS) is 1. The van der Waals surface area contributed by atoms with Crippen molar-refractivity contribution in [3.05, 3.63) is 60.2 Å². The average molecular weight is 285 g/mol. The van der Waals surface area contributed by atoms with Crippen LogP contribution in [0.5, 0.6) is 11.5 Å². The third kappa shape index (κ3) is 3.44. The zero-order valence-corrected chi connectivity index (χ0v) is 10.8. The normalized spacial score (nSPS) is 11.0. The van der Waals surface area contributed by atoms with Crippen molar-refractivity contribution in [1.29, 1.82) is 0 Å². The number of rotatable bonds is 5. The minimum atomic E-state index is -1.59. The number of nitrogens with zero attached hydrogens (tertiary/aromatic N) is 1. The molecule has 106 valence electrons. The van der Waals surface area contributed by atoms with Gasteiger partial charge in [-0.15, -0.1) is 0 Å². The molecule has 0 unspecified atom stereocenters. The molecule has 2 aromatic rings. The molecule has 0 amide bonds. The van der Waals surface area contributed by atoms with Crippen molar-refractivity contribution in [2.24, 2.45) is 5.16 Å². The van der Waals surface area contributed by atoms with Gasteiger partial charge >= 0.3 is 5.97 Å². The molecule has 0 aliphatic rings. The fraction of sp³-hybridized carbons (Fsp3) is 0. The Bertz CT molecular complexity index is 677. The number of ether oxygens (including phenoxy) is 1. The molecule has 0 saturated carbocycles. The second kappa shape index (κ2) is 6.33. The molecule has 0 fully saturated rings.